The number of hydrogen-bond acceptors (Lipinski definition) is 6. The molecule has 0 spiro atoms. The van der Waals surface area contributed by atoms with Crippen LogP contribution in [0.3, 0.4) is 0 Å². The van der Waals surface area contributed by atoms with Crippen molar-refractivity contribution in [2.75, 3.05) is 11.9 Å². The van der Waals surface area contributed by atoms with Crippen LogP contribution < -0.4 is 15.4 Å². The molecule has 0 aliphatic heterocycles. The van der Waals surface area contributed by atoms with Crippen LogP contribution in [0, 0.1) is 0 Å². The highest BCUT2D eigenvalue weighted by Gasteiger charge is 2.12. The molecule has 8 heteroatoms. The van der Waals surface area contributed by atoms with Gasteiger partial charge in [0.05, 0.1) is 4.88 Å². The van der Waals surface area contributed by atoms with Crippen LogP contribution in [-0.2, 0) is 6.61 Å². The lowest BCUT2D eigenvalue weighted by molar-refractivity contribution is 0.0943. The molecule has 2 N–H and O–H groups in total. The van der Waals surface area contributed by atoms with Crippen LogP contribution in [-0.4, -0.2) is 23.5 Å². The van der Waals surface area contributed by atoms with Gasteiger partial charge in [-0.25, -0.2) is 0 Å². The van der Waals surface area contributed by atoms with Crippen LogP contribution in [0.25, 0.3) is 0 Å². The summed E-state index contributed by atoms with van der Waals surface area (Å²) >= 11 is 1.39. The number of unbranched alkanes of at least 4 members (excludes halogenated alkanes) is 1. The summed E-state index contributed by atoms with van der Waals surface area (Å²) in [5.41, 5.74) is 0.915. The fraction of sp³-hybridized carbons (Fsp3) is 0.250. The molecule has 28 heavy (non-hydrogen) atoms. The number of carbonyl (C=O) groups excluding carboxylic acids is 2. The SMILES string of the molecule is CCCCNC(=O)c1cc(COc2ccc(NC(=O)c3cccs3)cc2)on1. The molecule has 0 aliphatic carbocycles. The Morgan fingerprint density at radius 1 is 1.18 bits per heavy atom. The summed E-state index contributed by atoms with van der Waals surface area (Å²) in [5, 5.41) is 11.2. The molecule has 0 saturated heterocycles. The number of aromatic nitrogens is 1. The Kier molecular flexibility index (Phi) is 6.80. The minimum absolute atomic E-state index is 0.143. The van der Waals surface area contributed by atoms with Gasteiger partial charge in [0.25, 0.3) is 11.8 Å². The van der Waals surface area contributed by atoms with Gasteiger partial charge in [-0.05, 0) is 42.1 Å². The van der Waals surface area contributed by atoms with Crippen molar-refractivity contribution in [2.45, 2.75) is 26.4 Å². The second-order valence-electron chi connectivity index (χ2n) is 6.03. The zero-order valence-corrected chi connectivity index (χ0v) is 16.3. The average Bonchev–Trinajstić information content (AvgIpc) is 3.40. The predicted molar refractivity (Wildman–Crippen MR) is 107 cm³/mol. The summed E-state index contributed by atoms with van der Waals surface area (Å²) in [6.07, 6.45) is 1.93. The smallest absolute Gasteiger partial charge is 0.273 e. The molecule has 0 unspecified atom stereocenters. The van der Waals surface area contributed by atoms with E-state index in [1.54, 1.807) is 36.4 Å². The number of hydrogen-bond donors (Lipinski definition) is 2. The van der Waals surface area contributed by atoms with Gasteiger partial charge in [0.2, 0.25) is 0 Å². The molecule has 0 radical (unpaired) electrons. The second kappa shape index (κ2) is 9.70. The number of thiophene rings is 1. The Hall–Kier alpha value is -3.13. The quantitative estimate of drug-likeness (QED) is 0.529. The normalized spacial score (nSPS) is 10.5. The lowest BCUT2D eigenvalue weighted by Gasteiger charge is -2.06. The molecule has 3 aromatic rings. The van der Waals surface area contributed by atoms with Crippen molar-refractivity contribution < 1.29 is 18.8 Å². The summed E-state index contributed by atoms with van der Waals surface area (Å²) in [4.78, 5) is 24.6. The molecule has 2 heterocycles. The van der Waals surface area contributed by atoms with Gasteiger partial charge in [-0.15, -0.1) is 11.3 Å². The minimum atomic E-state index is -0.255. The van der Waals surface area contributed by atoms with Crippen molar-refractivity contribution in [2.24, 2.45) is 0 Å². The first-order valence-corrected chi connectivity index (χ1v) is 9.85. The van der Waals surface area contributed by atoms with Gasteiger partial charge >= 0.3 is 0 Å². The van der Waals surface area contributed by atoms with E-state index in [2.05, 4.69) is 22.7 Å². The topological polar surface area (TPSA) is 93.5 Å². The number of benzene rings is 1. The lowest BCUT2D eigenvalue weighted by Crippen LogP contribution is -2.24. The predicted octanol–water partition coefficient (Wildman–Crippen LogP) is 4.10. The van der Waals surface area contributed by atoms with Crippen LogP contribution in [0.15, 0.2) is 52.4 Å². The summed E-state index contributed by atoms with van der Waals surface area (Å²) in [6, 6.07) is 12.2. The molecule has 7 nitrogen and oxygen atoms in total. The molecule has 0 fully saturated rings. The van der Waals surface area contributed by atoms with Gasteiger partial charge in [-0.2, -0.15) is 0 Å². The van der Waals surface area contributed by atoms with Crippen LogP contribution in [0.5, 0.6) is 5.75 Å². The number of nitrogens with one attached hydrogen (secondary N) is 2. The number of nitrogens with zero attached hydrogens (tertiary/aromatic N) is 1. The van der Waals surface area contributed by atoms with Crippen LogP contribution in [0.2, 0.25) is 0 Å². The molecule has 1 aromatic carbocycles. The van der Waals surface area contributed by atoms with E-state index in [1.807, 2.05) is 11.4 Å². The summed E-state index contributed by atoms with van der Waals surface area (Å²) in [5.74, 6) is 0.666. The van der Waals surface area contributed by atoms with Crippen molar-refractivity contribution in [3.63, 3.8) is 0 Å². The number of amides is 2. The first kappa shape index (κ1) is 19.6. The monoisotopic (exact) mass is 399 g/mol. The molecule has 0 aliphatic rings. The second-order valence-corrected chi connectivity index (χ2v) is 6.98. The van der Waals surface area contributed by atoms with Crippen LogP contribution in [0.1, 0.15) is 45.7 Å². The van der Waals surface area contributed by atoms with Gasteiger partial charge in [0.1, 0.15) is 12.4 Å². The van der Waals surface area contributed by atoms with E-state index in [-0.39, 0.29) is 24.1 Å². The number of rotatable bonds is 9. The summed E-state index contributed by atoms with van der Waals surface area (Å²) < 4.78 is 10.8. The molecule has 0 atom stereocenters. The Labute approximate surface area is 166 Å². The molecule has 0 saturated carbocycles. The van der Waals surface area contributed by atoms with Crippen molar-refractivity contribution in [3.8, 4) is 5.75 Å². The third-order valence-corrected chi connectivity index (χ3v) is 4.71. The zero-order valence-electron chi connectivity index (χ0n) is 15.4. The van der Waals surface area contributed by atoms with Crippen LogP contribution in [0.4, 0.5) is 5.69 Å². The summed E-state index contributed by atoms with van der Waals surface area (Å²) in [6.45, 7) is 2.82. The van der Waals surface area contributed by atoms with Crippen molar-refractivity contribution in [1.29, 1.82) is 0 Å². The largest absolute Gasteiger partial charge is 0.486 e. The molecular weight excluding hydrogens is 378 g/mol. The van der Waals surface area contributed by atoms with Gasteiger partial charge in [-0.3, -0.25) is 9.59 Å². The Morgan fingerprint density at radius 2 is 2.00 bits per heavy atom. The minimum Gasteiger partial charge on any atom is -0.486 e. The number of anilines is 1. The highest BCUT2D eigenvalue weighted by Crippen LogP contribution is 2.19. The number of carbonyl (C=O) groups is 2. The van der Waals surface area contributed by atoms with Gasteiger partial charge in [0.15, 0.2) is 11.5 Å². The molecular formula is C20H21N3O4S. The fourth-order valence-electron chi connectivity index (χ4n) is 2.35. The lowest BCUT2D eigenvalue weighted by atomic mass is 10.3. The third kappa shape index (κ3) is 5.43. The van der Waals surface area contributed by atoms with E-state index in [1.165, 1.54) is 11.3 Å². The van der Waals surface area contributed by atoms with E-state index >= 15 is 0 Å². The standard InChI is InChI=1S/C20H21N3O4S/c1-2-3-10-21-19(24)17-12-16(27-23-17)13-26-15-8-6-14(7-9-15)22-20(25)18-5-4-11-28-18/h4-9,11-12H,2-3,10,13H2,1H3,(H,21,24)(H,22,25). The molecule has 2 amide bonds. The van der Waals surface area contributed by atoms with E-state index in [0.717, 1.165) is 12.8 Å². The molecule has 2 aromatic heterocycles. The van der Waals surface area contributed by atoms with Crippen molar-refractivity contribution >= 4 is 28.8 Å². The van der Waals surface area contributed by atoms with E-state index in [0.29, 0.717) is 28.6 Å². The van der Waals surface area contributed by atoms with Crippen molar-refractivity contribution in [1.82, 2.24) is 10.5 Å². The van der Waals surface area contributed by atoms with Crippen LogP contribution >= 0.6 is 11.3 Å². The average molecular weight is 399 g/mol. The maximum Gasteiger partial charge on any atom is 0.273 e. The van der Waals surface area contributed by atoms with Gasteiger partial charge < -0.3 is 19.9 Å². The Morgan fingerprint density at radius 3 is 2.71 bits per heavy atom. The zero-order chi connectivity index (χ0) is 19.8. The Balaban J connectivity index is 1.48. The third-order valence-electron chi connectivity index (χ3n) is 3.85. The van der Waals surface area contributed by atoms with Gasteiger partial charge in [0, 0.05) is 18.3 Å². The number of ether oxygens (including phenoxy) is 1. The Bertz CT molecular complexity index is 904. The van der Waals surface area contributed by atoms with Crippen molar-refractivity contribution in [3.05, 3.63) is 64.2 Å². The highest BCUT2D eigenvalue weighted by molar-refractivity contribution is 7.12. The first-order chi connectivity index (χ1) is 13.7. The summed E-state index contributed by atoms with van der Waals surface area (Å²) in [7, 11) is 0. The molecule has 146 valence electrons. The maximum atomic E-state index is 12.0. The van der Waals surface area contributed by atoms with E-state index in [4.69, 9.17) is 9.26 Å². The van der Waals surface area contributed by atoms with E-state index < -0.39 is 0 Å². The maximum absolute atomic E-state index is 12.0. The fourth-order valence-corrected chi connectivity index (χ4v) is 2.97. The van der Waals surface area contributed by atoms with Gasteiger partial charge in [-0.1, -0.05) is 24.6 Å². The molecule has 3 rings (SSSR count). The first-order valence-electron chi connectivity index (χ1n) is 8.97. The van der Waals surface area contributed by atoms with E-state index in [9.17, 15) is 9.59 Å². The highest BCUT2D eigenvalue weighted by atomic mass is 32.1. The molecule has 0 bridgehead atoms.